The van der Waals surface area contributed by atoms with E-state index in [1.54, 1.807) is 11.8 Å². The molecule has 0 atom stereocenters. The SMILES string of the molecule is CSc1ccc(/C=C/c2ccc3nc4c(oc5ccccc54)c(N4CCN(C)CC4)c3c2)cc1. The van der Waals surface area contributed by atoms with Crippen LogP contribution in [0.4, 0.5) is 5.69 Å². The van der Waals surface area contributed by atoms with E-state index in [2.05, 4.69) is 89.9 Å². The summed E-state index contributed by atoms with van der Waals surface area (Å²) in [5.74, 6) is 0. The average molecular weight is 466 g/mol. The largest absolute Gasteiger partial charge is 0.452 e. The van der Waals surface area contributed by atoms with Gasteiger partial charge in [-0.1, -0.05) is 42.5 Å². The van der Waals surface area contributed by atoms with Crippen molar-refractivity contribution in [3.05, 3.63) is 77.9 Å². The standard InChI is InChI=1S/C29H27N3OS/c1-31-15-17-32(18-16-31)28-24-19-21(8-7-20-9-12-22(34-2)13-10-20)11-14-25(24)30-27-23-5-3-4-6-26(23)33-29(27)28/h3-14,19H,15-18H2,1-2H3/b8-7+. The fraction of sp³-hybridized carbons (Fsp3) is 0.207. The van der Waals surface area contributed by atoms with Crippen molar-refractivity contribution in [3.63, 3.8) is 0 Å². The number of furan rings is 1. The zero-order valence-electron chi connectivity index (χ0n) is 19.5. The maximum Gasteiger partial charge on any atom is 0.177 e. The van der Waals surface area contributed by atoms with E-state index in [4.69, 9.17) is 9.40 Å². The van der Waals surface area contributed by atoms with Crippen LogP contribution in [0.25, 0.3) is 45.1 Å². The van der Waals surface area contributed by atoms with E-state index < -0.39 is 0 Å². The van der Waals surface area contributed by atoms with Crippen molar-refractivity contribution in [2.24, 2.45) is 0 Å². The van der Waals surface area contributed by atoms with Crippen LogP contribution < -0.4 is 4.90 Å². The second kappa shape index (κ2) is 8.82. The van der Waals surface area contributed by atoms with Gasteiger partial charge in [-0.3, -0.25) is 0 Å². The molecule has 5 aromatic rings. The Bertz CT molecular complexity index is 1510. The average Bonchev–Trinajstić information content (AvgIpc) is 3.25. The number of pyridine rings is 1. The van der Waals surface area contributed by atoms with E-state index in [9.17, 15) is 0 Å². The number of anilines is 1. The number of rotatable bonds is 4. The van der Waals surface area contributed by atoms with Gasteiger partial charge in [-0.2, -0.15) is 0 Å². The number of hydrogen-bond acceptors (Lipinski definition) is 5. The molecule has 0 unspecified atom stereocenters. The lowest BCUT2D eigenvalue weighted by Gasteiger charge is -2.34. The third-order valence-corrected chi connectivity index (χ3v) is 7.44. The number of nitrogens with zero attached hydrogens (tertiary/aromatic N) is 3. The highest BCUT2D eigenvalue weighted by molar-refractivity contribution is 7.98. The Balaban J connectivity index is 1.50. The lowest BCUT2D eigenvalue weighted by atomic mass is 10.1. The van der Waals surface area contributed by atoms with Crippen molar-refractivity contribution in [1.82, 2.24) is 9.88 Å². The summed E-state index contributed by atoms with van der Waals surface area (Å²) in [5.41, 5.74) is 7.28. The van der Waals surface area contributed by atoms with E-state index in [1.165, 1.54) is 16.1 Å². The Hall–Kier alpha value is -3.28. The normalized spacial score (nSPS) is 15.3. The molecule has 3 aromatic carbocycles. The van der Waals surface area contributed by atoms with E-state index in [0.29, 0.717) is 0 Å². The van der Waals surface area contributed by atoms with Crippen molar-refractivity contribution in [2.45, 2.75) is 4.90 Å². The van der Waals surface area contributed by atoms with Gasteiger partial charge in [0, 0.05) is 41.8 Å². The van der Waals surface area contributed by atoms with Gasteiger partial charge in [-0.05, 0) is 60.8 Å². The Labute approximate surface area is 203 Å². The van der Waals surface area contributed by atoms with Crippen molar-refractivity contribution < 1.29 is 4.42 Å². The van der Waals surface area contributed by atoms with Crippen LogP contribution >= 0.6 is 11.8 Å². The fourth-order valence-corrected chi connectivity index (χ4v) is 5.15. The quantitative estimate of drug-likeness (QED) is 0.216. The molecule has 4 nitrogen and oxygen atoms in total. The molecule has 0 spiro atoms. The number of benzene rings is 3. The van der Waals surface area contributed by atoms with Crippen LogP contribution in [0.5, 0.6) is 0 Å². The van der Waals surface area contributed by atoms with Crippen LogP contribution in [0, 0.1) is 0 Å². The minimum absolute atomic E-state index is 0.893. The Morgan fingerprint density at radius 3 is 2.38 bits per heavy atom. The highest BCUT2D eigenvalue weighted by Crippen LogP contribution is 2.39. The van der Waals surface area contributed by atoms with Gasteiger partial charge in [0.15, 0.2) is 5.58 Å². The summed E-state index contributed by atoms with van der Waals surface area (Å²) in [7, 11) is 2.19. The Kier molecular flexibility index (Phi) is 5.52. The van der Waals surface area contributed by atoms with Crippen LogP contribution in [0.2, 0.25) is 0 Å². The van der Waals surface area contributed by atoms with E-state index >= 15 is 0 Å². The second-order valence-electron chi connectivity index (χ2n) is 8.91. The second-order valence-corrected chi connectivity index (χ2v) is 9.79. The van der Waals surface area contributed by atoms with Gasteiger partial charge in [-0.25, -0.2) is 4.98 Å². The topological polar surface area (TPSA) is 32.5 Å². The molecular weight excluding hydrogens is 438 g/mol. The lowest BCUT2D eigenvalue weighted by molar-refractivity contribution is 0.313. The van der Waals surface area contributed by atoms with Gasteiger partial charge < -0.3 is 14.2 Å². The number of piperazine rings is 1. The molecule has 1 saturated heterocycles. The summed E-state index contributed by atoms with van der Waals surface area (Å²) >= 11 is 1.76. The first-order chi connectivity index (χ1) is 16.7. The molecule has 0 aliphatic carbocycles. The highest BCUT2D eigenvalue weighted by Gasteiger charge is 2.23. The van der Waals surface area contributed by atoms with Crippen molar-refractivity contribution in [3.8, 4) is 0 Å². The molecule has 5 heteroatoms. The summed E-state index contributed by atoms with van der Waals surface area (Å²) in [5, 5.41) is 2.23. The number of hydrogen-bond donors (Lipinski definition) is 0. The lowest BCUT2D eigenvalue weighted by Crippen LogP contribution is -2.44. The summed E-state index contributed by atoms with van der Waals surface area (Å²) in [6.45, 7) is 4.03. The van der Waals surface area contributed by atoms with Crippen molar-refractivity contribution in [2.75, 3.05) is 44.4 Å². The molecule has 6 rings (SSSR count). The van der Waals surface area contributed by atoms with Gasteiger partial charge in [0.1, 0.15) is 11.1 Å². The third kappa shape index (κ3) is 3.85. The molecule has 34 heavy (non-hydrogen) atoms. The minimum Gasteiger partial charge on any atom is -0.452 e. The predicted octanol–water partition coefficient (Wildman–Crippen LogP) is 6.78. The number of likely N-dealkylation sites (N-methyl/N-ethyl adjacent to an activating group) is 1. The predicted molar refractivity (Wildman–Crippen MR) is 146 cm³/mol. The van der Waals surface area contributed by atoms with Crippen LogP contribution in [0.1, 0.15) is 11.1 Å². The molecule has 3 heterocycles. The van der Waals surface area contributed by atoms with Crippen molar-refractivity contribution in [1.29, 1.82) is 0 Å². The zero-order valence-corrected chi connectivity index (χ0v) is 20.3. The molecule has 2 aromatic heterocycles. The molecule has 1 fully saturated rings. The molecule has 0 amide bonds. The van der Waals surface area contributed by atoms with Gasteiger partial charge in [-0.15, -0.1) is 11.8 Å². The summed E-state index contributed by atoms with van der Waals surface area (Å²) in [6.07, 6.45) is 6.46. The maximum atomic E-state index is 6.42. The minimum atomic E-state index is 0.893. The van der Waals surface area contributed by atoms with Gasteiger partial charge in [0.05, 0.1) is 11.2 Å². The van der Waals surface area contributed by atoms with Gasteiger partial charge in [0.2, 0.25) is 0 Å². The summed E-state index contributed by atoms with van der Waals surface area (Å²) < 4.78 is 6.42. The number of para-hydroxylation sites is 1. The monoisotopic (exact) mass is 465 g/mol. The van der Waals surface area contributed by atoms with Crippen molar-refractivity contribution >= 4 is 62.6 Å². The van der Waals surface area contributed by atoms with Gasteiger partial charge >= 0.3 is 0 Å². The van der Waals surface area contributed by atoms with E-state index in [0.717, 1.165) is 64.7 Å². The third-order valence-electron chi connectivity index (χ3n) is 6.70. The summed E-state index contributed by atoms with van der Waals surface area (Å²) in [6, 6.07) is 23.4. The van der Waals surface area contributed by atoms with Crippen LogP contribution in [0.15, 0.2) is 76.0 Å². The molecule has 170 valence electrons. The van der Waals surface area contributed by atoms with Gasteiger partial charge in [0.25, 0.3) is 0 Å². The van der Waals surface area contributed by atoms with E-state index in [-0.39, 0.29) is 0 Å². The highest BCUT2D eigenvalue weighted by atomic mass is 32.2. The van der Waals surface area contributed by atoms with Crippen LogP contribution in [0.3, 0.4) is 0 Å². The Morgan fingerprint density at radius 2 is 1.59 bits per heavy atom. The maximum absolute atomic E-state index is 6.42. The molecular formula is C29H27N3OS. The Morgan fingerprint density at radius 1 is 0.853 bits per heavy atom. The van der Waals surface area contributed by atoms with Crippen LogP contribution in [-0.2, 0) is 0 Å². The molecule has 0 saturated carbocycles. The molecule has 0 N–H and O–H groups in total. The van der Waals surface area contributed by atoms with E-state index in [1.807, 2.05) is 12.1 Å². The summed E-state index contributed by atoms with van der Waals surface area (Å²) in [4.78, 5) is 11.2. The molecule has 0 radical (unpaired) electrons. The first kappa shape index (κ1) is 21.3. The van der Waals surface area contributed by atoms with Crippen LogP contribution in [-0.4, -0.2) is 49.4 Å². The zero-order chi connectivity index (χ0) is 23.1. The molecule has 1 aliphatic rings. The number of thioether (sulfide) groups is 1. The first-order valence-corrected chi connectivity index (χ1v) is 12.9. The number of aromatic nitrogens is 1. The first-order valence-electron chi connectivity index (χ1n) is 11.7. The fourth-order valence-electron chi connectivity index (χ4n) is 4.74. The number of fused-ring (bicyclic) bond motifs is 4. The molecule has 0 bridgehead atoms. The molecule has 1 aliphatic heterocycles. The smallest absolute Gasteiger partial charge is 0.177 e.